The molecule has 1 fully saturated rings. The maximum atomic E-state index is 13.4. The molecule has 30 heavy (non-hydrogen) atoms. The van der Waals surface area contributed by atoms with Crippen molar-refractivity contribution in [2.75, 3.05) is 31.2 Å². The van der Waals surface area contributed by atoms with Crippen molar-refractivity contribution in [2.24, 2.45) is 0 Å². The van der Waals surface area contributed by atoms with Gasteiger partial charge in [-0.05, 0) is 23.4 Å². The van der Waals surface area contributed by atoms with Crippen LogP contribution in [0.3, 0.4) is 0 Å². The number of nitrogens with zero attached hydrogens (tertiary/aromatic N) is 5. The van der Waals surface area contributed by atoms with Gasteiger partial charge in [0.25, 0.3) is 5.56 Å². The Labute approximate surface area is 177 Å². The summed E-state index contributed by atoms with van der Waals surface area (Å²) in [6, 6.07) is 14.0. The van der Waals surface area contributed by atoms with E-state index in [2.05, 4.69) is 27.0 Å². The summed E-state index contributed by atoms with van der Waals surface area (Å²) in [5, 5.41) is 1.95. The molecule has 0 spiro atoms. The average molecular weight is 420 g/mol. The van der Waals surface area contributed by atoms with Crippen LogP contribution in [-0.4, -0.2) is 45.8 Å². The molecule has 0 amide bonds. The highest BCUT2D eigenvalue weighted by molar-refractivity contribution is 7.13. The minimum Gasteiger partial charge on any atom is -0.378 e. The molecule has 1 saturated heterocycles. The topological polar surface area (TPSA) is 73.1 Å². The van der Waals surface area contributed by atoms with Crippen molar-refractivity contribution in [3.05, 3.63) is 70.0 Å². The van der Waals surface area contributed by atoms with Crippen LogP contribution in [0.15, 0.2) is 58.8 Å². The third-order valence-corrected chi connectivity index (χ3v) is 6.06. The molecule has 0 aliphatic carbocycles. The Kier molecular flexibility index (Phi) is 5.25. The van der Waals surface area contributed by atoms with Crippen molar-refractivity contribution >= 4 is 28.4 Å². The van der Waals surface area contributed by atoms with Crippen molar-refractivity contribution < 1.29 is 4.74 Å². The van der Waals surface area contributed by atoms with Gasteiger partial charge < -0.3 is 9.64 Å². The van der Waals surface area contributed by atoms with Crippen molar-refractivity contribution in [1.82, 2.24) is 19.5 Å². The zero-order valence-corrected chi connectivity index (χ0v) is 17.2. The van der Waals surface area contributed by atoms with Crippen molar-refractivity contribution in [3.8, 4) is 10.6 Å². The first-order valence-electron chi connectivity index (χ1n) is 9.98. The first-order chi connectivity index (χ1) is 14.8. The Morgan fingerprint density at radius 2 is 1.87 bits per heavy atom. The Bertz CT molecular complexity index is 1200. The van der Waals surface area contributed by atoms with E-state index in [0.717, 1.165) is 24.4 Å². The van der Waals surface area contributed by atoms with Crippen LogP contribution in [0, 0.1) is 0 Å². The molecule has 3 aromatic heterocycles. The number of aryl methyl sites for hydroxylation is 2. The van der Waals surface area contributed by atoms with Gasteiger partial charge in [-0.1, -0.05) is 36.4 Å². The van der Waals surface area contributed by atoms with Crippen LogP contribution < -0.4 is 10.5 Å². The van der Waals surface area contributed by atoms with Gasteiger partial charge in [-0.15, -0.1) is 11.3 Å². The minimum absolute atomic E-state index is 0.118. The molecule has 5 rings (SSSR count). The number of anilines is 1. The molecular formula is C22H21N5O2S. The number of rotatable bonds is 5. The second kappa shape index (κ2) is 8.33. The smallest absolute Gasteiger partial charge is 0.279 e. The highest BCUT2D eigenvalue weighted by atomic mass is 32.1. The molecule has 4 heterocycles. The molecule has 0 bridgehead atoms. The lowest BCUT2D eigenvalue weighted by Crippen LogP contribution is -2.37. The molecular weight excluding hydrogens is 398 g/mol. The highest BCUT2D eigenvalue weighted by Crippen LogP contribution is 2.22. The second-order valence-electron chi connectivity index (χ2n) is 7.11. The molecule has 7 nitrogen and oxygen atoms in total. The van der Waals surface area contributed by atoms with Gasteiger partial charge in [0, 0.05) is 19.6 Å². The largest absolute Gasteiger partial charge is 0.378 e. The summed E-state index contributed by atoms with van der Waals surface area (Å²) in [5.41, 5.74) is 2.71. The van der Waals surface area contributed by atoms with Gasteiger partial charge in [0.05, 0.1) is 24.3 Å². The number of morpholine rings is 1. The van der Waals surface area contributed by atoms with Crippen molar-refractivity contribution in [2.45, 2.75) is 13.0 Å². The number of aromatic nitrogens is 4. The van der Waals surface area contributed by atoms with Crippen LogP contribution >= 0.6 is 11.3 Å². The van der Waals surface area contributed by atoms with Gasteiger partial charge in [-0.2, -0.15) is 4.98 Å². The van der Waals surface area contributed by atoms with E-state index in [1.165, 1.54) is 16.9 Å². The van der Waals surface area contributed by atoms with Gasteiger partial charge in [-0.25, -0.2) is 9.97 Å². The summed E-state index contributed by atoms with van der Waals surface area (Å²) in [4.78, 5) is 30.3. The molecule has 1 aliphatic heterocycles. The van der Waals surface area contributed by atoms with Crippen LogP contribution in [0.25, 0.3) is 21.7 Å². The first-order valence-corrected chi connectivity index (χ1v) is 10.9. The van der Waals surface area contributed by atoms with Crippen LogP contribution in [0.4, 0.5) is 5.95 Å². The fourth-order valence-electron chi connectivity index (χ4n) is 3.61. The van der Waals surface area contributed by atoms with E-state index in [-0.39, 0.29) is 5.56 Å². The Balaban J connectivity index is 1.61. The summed E-state index contributed by atoms with van der Waals surface area (Å²) in [6.07, 6.45) is 2.46. The standard InChI is InChI=1S/C22H21N5O2S/c28-21-19(18-7-4-14-30-18)24-17-15-23-22(26-10-12-29-13-11-26)25-20(17)27(21)9-8-16-5-2-1-3-6-16/h1-7,14-15H,8-13H2. The van der Waals surface area contributed by atoms with Crippen LogP contribution in [0.1, 0.15) is 5.56 Å². The number of ether oxygens (including phenoxy) is 1. The van der Waals surface area contributed by atoms with E-state index in [0.29, 0.717) is 42.6 Å². The lowest BCUT2D eigenvalue weighted by molar-refractivity contribution is 0.122. The SMILES string of the molecule is O=c1c(-c2cccs2)nc2cnc(N3CCOCC3)nc2n1CCc1ccccc1. The molecule has 0 atom stereocenters. The van der Waals surface area contributed by atoms with E-state index < -0.39 is 0 Å². The zero-order chi connectivity index (χ0) is 20.3. The fourth-order valence-corrected chi connectivity index (χ4v) is 4.32. The van der Waals surface area contributed by atoms with E-state index in [1.54, 1.807) is 10.8 Å². The summed E-state index contributed by atoms with van der Waals surface area (Å²) >= 11 is 1.51. The van der Waals surface area contributed by atoms with Gasteiger partial charge in [-0.3, -0.25) is 9.36 Å². The summed E-state index contributed by atoms with van der Waals surface area (Å²) in [5.74, 6) is 0.615. The third-order valence-electron chi connectivity index (χ3n) is 5.19. The Morgan fingerprint density at radius 1 is 1.03 bits per heavy atom. The maximum absolute atomic E-state index is 13.4. The molecule has 8 heteroatoms. The predicted molar refractivity (Wildman–Crippen MR) is 118 cm³/mol. The van der Waals surface area contributed by atoms with Gasteiger partial charge in [0.1, 0.15) is 11.2 Å². The van der Waals surface area contributed by atoms with Crippen LogP contribution in [0.2, 0.25) is 0 Å². The van der Waals surface area contributed by atoms with Crippen LogP contribution in [-0.2, 0) is 17.7 Å². The highest BCUT2D eigenvalue weighted by Gasteiger charge is 2.19. The van der Waals surface area contributed by atoms with Gasteiger partial charge in [0.15, 0.2) is 5.65 Å². The molecule has 0 saturated carbocycles. The molecule has 0 radical (unpaired) electrons. The Morgan fingerprint density at radius 3 is 2.63 bits per heavy atom. The minimum atomic E-state index is -0.118. The lowest BCUT2D eigenvalue weighted by atomic mass is 10.1. The Hall–Kier alpha value is -3.10. The number of hydrogen-bond donors (Lipinski definition) is 0. The quantitative estimate of drug-likeness (QED) is 0.495. The van der Waals surface area contributed by atoms with Crippen molar-refractivity contribution in [1.29, 1.82) is 0 Å². The number of benzene rings is 1. The number of fused-ring (bicyclic) bond motifs is 1. The fraction of sp³-hybridized carbons (Fsp3) is 0.273. The monoisotopic (exact) mass is 419 g/mol. The molecule has 1 aromatic carbocycles. The zero-order valence-electron chi connectivity index (χ0n) is 16.4. The molecule has 4 aromatic rings. The van der Waals surface area contributed by atoms with Crippen LogP contribution in [0.5, 0.6) is 0 Å². The summed E-state index contributed by atoms with van der Waals surface area (Å²) < 4.78 is 7.18. The second-order valence-corrected chi connectivity index (χ2v) is 8.06. The van der Waals surface area contributed by atoms with E-state index in [9.17, 15) is 4.79 Å². The number of thiophene rings is 1. The molecule has 1 aliphatic rings. The van der Waals surface area contributed by atoms with Crippen molar-refractivity contribution in [3.63, 3.8) is 0 Å². The van der Waals surface area contributed by atoms with Gasteiger partial charge >= 0.3 is 0 Å². The molecule has 0 N–H and O–H groups in total. The number of hydrogen-bond acceptors (Lipinski definition) is 7. The summed E-state index contributed by atoms with van der Waals surface area (Å²) in [6.45, 7) is 3.30. The molecule has 152 valence electrons. The van der Waals surface area contributed by atoms with E-state index in [4.69, 9.17) is 9.72 Å². The first kappa shape index (κ1) is 18.9. The van der Waals surface area contributed by atoms with E-state index in [1.807, 2.05) is 35.7 Å². The normalized spacial score (nSPS) is 14.3. The third kappa shape index (κ3) is 3.71. The predicted octanol–water partition coefficient (Wildman–Crippen LogP) is 2.99. The summed E-state index contributed by atoms with van der Waals surface area (Å²) in [7, 11) is 0. The van der Waals surface area contributed by atoms with E-state index >= 15 is 0 Å². The maximum Gasteiger partial charge on any atom is 0.279 e. The lowest BCUT2D eigenvalue weighted by Gasteiger charge is -2.26. The average Bonchev–Trinajstić information content (AvgIpc) is 3.34. The van der Waals surface area contributed by atoms with Gasteiger partial charge in [0.2, 0.25) is 5.95 Å². The molecule has 0 unspecified atom stereocenters.